The minimum atomic E-state index is -1.12. The number of nitrogens with zero attached hydrogens (tertiary/aromatic N) is 3. The first-order valence-electron chi connectivity index (χ1n) is 13.4. The van der Waals surface area contributed by atoms with Crippen LogP contribution in [0.25, 0.3) is 0 Å². The summed E-state index contributed by atoms with van der Waals surface area (Å²) in [6.45, 7) is 12.7. The van der Waals surface area contributed by atoms with Crippen molar-refractivity contribution in [2.24, 2.45) is 11.8 Å². The van der Waals surface area contributed by atoms with Crippen molar-refractivity contribution in [3.8, 4) is 0 Å². The van der Waals surface area contributed by atoms with Gasteiger partial charge in [-0.25, -0.2) is 0 Å². The fourth-order valence-electron chi connectivity index (χ4n) is 6.66. The molecule has 1 spiro atoms. The molecule has 1 aromatic rings. The molecule has 0 saturated carbocycles. The van der Waals surface area contributed by atoms with Gasteiger partial charge in [-0.05, 0) is 44.2 Å². The molecule has 3 amide bonds. The molecule has 206 valence electrons. The van der Waals surface area contributed by atoms with Crippen molar-refractivity contribution >= 4 is 35.0 Å². The number of hydrogen-bond donors (Lipinski definition) is 1. The Hall–Kier alpha value is -2.68. The number of ether oxygens (including phenoxy) is 1. The average Bonchev–Trinajstić information content (AvgIpc) is 3.53. The van der Waals surface area contributed by atoms with Crippen LogP contribution in [0.5, 0.6) is 0 Å². The normalized spacial score (nSPS) is 27.4. The number of anilines is 1. The van der Waals surface area contributed by atoms with Gasteiger partial charge in [0.2, 0.25) is 11.8 Å². The number of amides is 3. The van der Waals surface area contributed by atoms with Gasteiger partial charge >= 0.3 is 0 Å². The van der Waals surface area contributed by atoms with Crippen molar-refractivity contribution in [2.75, 3.05) is 37.7 Å². The molecule has 3 aliphatic rings. The lowest BCUT2D eigenvalue weighted by Gasteiger charge is -2.37. The highest BCUT2D eigenvalue weighted by atomic mass is 35.5. The van der Waals surface area contributed by atoms with Gasteiger partial charge in [0.15, 0.2) is 0 Å². The monoisotopic (exact) mass is 543 g/mol. The summed E-state index contributed by atoms with van der Waals surface area (Å²) in [7, 11) is 0. The standard InChI is InChI=1S/C29H38ClN3O5/c1-5-14-31(15-6-2)26(35)22-21-12-13-29(38-21)23(22)27(36)33(17-9-18-34)25(29)28(37)32(16-7-3)24-19(4)10-8-11-20(24)30/h5,7-8,10-11,21-23,25,34H,1,3,6,9,12-18H2,2,4H3/t21-,22+,23+,25?,29?/m1/s1. The zero-order chi connectivity index (χ0) is 27.6. The molecule has 2 unspecified atom stereocenters. The van der Waals surface area contributed by atoms with E-state index in [1.165, 1.54) is 4.90 Å². The second kappa shape index (κ2) is 11.6. The van der Waals surface area contributed by atoms with Gasteiger partial charge in [-0.15, -0.1) is 13.2 Å². The van der Waals surface area contributed by atoms with Crippen LogP contribution in [-0.4, -0.2) is 83.2 Å². The number of benzene rings is 1. The predicted molar refractivity (Wildman–Crippen MR) is 147 cm³/mol. The third kappa shape index (κ3) is 4.56. The van der Waals surface area contributed by atoms with E-state index in [4.69, 9.17) is 16.3 Å². The van der Waals surface area contributed by atoms with Crippen LogP contribution < -0.4 is 4.90 Å². The number of carbonyl (C=O) groups is 3. The number of carbonyl (C=O) groups excluding carboxylic acids is 3. The fraction of sp³-hybridized carbons (Fsp3) is 0.552. The predicted octanol–water partition coefficient (Wildman–Crippen LogP) is 3.35. The molecular formula is C29H38ClN3O5. The smallest absolute Gasteiger partial charge is 0.253 e. The molecule has 3 saturated heterocycles. The van der Waals surface area contributed by atoms with Crippen molar-refractivity contribution in [1.29, 1.82) is 0 Å². The van der Waals surface area contributed by atoms with E-state index in [-0.39, 0.29) is 37.4 Å². The Morgan fingerprint density at radius 1 is 1.26 bits per heavy atom. The van der Waals surface area contributed by atoms with Crippen molar-refractivity contribution < 1.29 is 24.2 Å². The lowest BCUT2D eigenvalue weighted by atomic mass is 9.70. The number of aryl methyl sites for hydroxylation is 1. The van der Waals surface area contributed by atoms with E-state index in [0.29, 0.717) is 43.1 Å². The van der Waals surface area contributed by atoms with Gasteiger partial charge in [-0.3, -0.25) is 14.4 Å². The Balaban J connectivity index is 1.78. The molecule has 3 fully saturated rings. The number of hydrogen-bond acceptors (Lipinski definition) is 5. The van der Waals surface area contributed by atoms with Crippen LogP contribution in [0.2, 0.25) is 5.02 Å². The van der Waals surface area contributed by atoms with Crippen LogP contribution in [-0.2, 0) is 19.1 Å². The molecule has 1 N–H and O–H groups in total. The molecule has 38 heavy (non-hydrogen) atoms. The SMILES string of the molecule is C=CCN(CCC)C(=O)[C@@H]1[C@H]2C(=O)N(CCCO)C(C(=O)N(CC=C)c3c(C)cccc3Cl)C23CC[C@H]1O3. The summed E-state index contributed by atoms with van der Waals surface area (Å²) in [6, 6.07) is 4.49. The molecule has 0 aliphatic carbocycles. The number of para-hydroxylation sites is 1. The highest BCUT2D eigenvalue weighted by molar-refractivity contribution is 6.34. The Kier molecular flexibility index (Phi) is 8.65. The van der Waals surface area contributed by atoms with Crippen molar-refractivity contribution in [3.63, 3.8) is 0 Å². The fourth-order valence-corrected chi connectivity index (χ4v) is 6.98. The molecule has 4 rings (SSSR count). The maximum absolute atomic E-state index is 14.5. The van der Waals surface area contributed by atoms with Gasteiger partial charge in [0, 0.05) is 32.8 Å². The molecule has 5 atom stereocenters. The number of aliphatic hydroxyl groups is 1. The highest BCUT2D eigenvalue weighted by Gasteiger charge is 2.74. The zero-order valence-corrected chi connectivity index (χ0v) is 23.0. The summed E-state index contributed by atoms with van der Waals surface area (Å²) in [5.74, 6) is -2.13. The summed E-state index contributed by atoms with van der Waals surface area (Å²) in [4.78, 5) is 47.2. The van der Waals surface area contributed by atoms with Crippen LogP contribution >= 0.6 is 11.6 Å². The van der Waals surface area contributed by atoms with Gasteiger partial charge < -0.3 is 24.5 Å². The van der Waals surface area contributed by atoms with Crippen LogP contribution in [0.15, 0.2) is 43.5 Å². The maximum atomic E-state index is 14.5. The van der Waals surface area contributed by atoms with Crippen LogP contribution in [0.4, 0.5) is 5.69 Å². The van der Waals surface area contributed by atoms with Crippen LogP contribution in [0, 0.1) is 18.8 Å². The van der Waals surface area contributed by atoms with E-state index in [1.807, 2.05) is 26.0 Å². The molecule has 3 heterocycles. The molecule has 0 aromatic heterocycles. The van der Waals surface area contributed by atoms with Gasteiger partial charge in [0.1, 0.15) is 11.6 Å². The van der Waals surface area contributed by atoms with Gasteiger partial charge in [0.05, 0.1) is 28.6 Å². The lowest BCUT2D eigenvalue weighted by Crippen LogP contribution is -2.57. The molecule has 8 nitrogen and oxygen atoms in total. The van der Waals surface area contributed by atoms with Crippen LogP contribution in [0.1, 0.15) is 38.2 Å². The Morgan fingerprint density at radius 3 is 2.63 bits per heavy atom. The number of likely N-dealkylation sites (tertiary alicyclic amines) is 1. The van der Waals surface area contributed by atoms with Crippen LogP contribution in [0.3, 0.4) is 0 Å². The first kappa shape index (κ1) is 28.3. The zero-order valence-electron chi connectivity index (χ0n) is 22.3. The first-order chi connectivity index (χ1) is 18.3. The lowest BCUT2D eigenvalue weighted by molar-refractivity contribution is -0.145. The second-order valence-corrected chi connectivity index (χ2v) is 10.8. The molecule has 2 bridgehead atoms. The van der Waals surface area contributed by atoms with Gasteiger partial charge in [-0.1, -0.05) is 42.8 Å². The van der Waals surface area contributed by atoms with Crippen molar-refractivity contribution in [2.45, 2.75) is 57.3 Å². The summed E-state index contributed by atoms with van der Waals surface area (Å²) in [6.07, 6.45) is 5.07. The highest BCUT2D eigenvalue weighted by Crippen LogP contribution is 2.59. The maximum Gasteiger partial charge on any atom is 0.253 e. The summed E-state index contributed by atoms with van der Waals surface area (Å²) in [5.41, 5.74) is 0.265. The molecule has 9 heteroatoms. The quantitative estimate of drug-likeness (QED) is 0.408. The largest absolute Gasteiger partial charge is 0.396 e. The van der Waals surface area contributed by atoms with E-state index in [0.717, 1.165) is 12.0 Å². The Bertz CT molecular complexity index is 1090. The minimum Gasteiger partial charge on any atom is -0.396 e. The third-order valence-corrected chi connectivity index (χ3v) is 8.37. The Labute approximate surface area is 229 Å². The van der Waals surface area contributed by atoms with E-state index < -0.39 is 29.6 Å². The second-order valence-electron chi connectivity index (χ2n) is 10.4. The number of fused-ring (bicyclic) bond motifs is 1. The molecule has 3 aliphatic heterocycles. The minimum absolute atomic E-state index is 0.127. The number of rotatable bonds is 12. The average molecular weight is 544 g/mol. The molecule has 1 aromatic carbocycles. The first-order valence-corrected chi connectivity index (χ1v) is 13.8. The molecule has 0 radical (unpaired) electrons. The summed E-state index contributed by atoms with van der Waals surface area (Å²) in [5, 5.41) is 10.0. The number of halogens is 1. The van der Waals surface area contributed by atoms with E-state index in [2.05, 4.69) is 13.2 Å². The van der Waals surface area contributed by atoms with Gasteiger partial charge in [0.25, 0.3) is 5.91 Å². The van der Waals surface area contributed by atoms with Gasteiger partial charge in [-0.2, -0.15) is 0 Å². The third-order valence-electron chi connectivity index (χ3n) is 8.07. The topological polar surface area (TPSA) is 90.4 Å². The number of aliphatic hydroxyl groups excluding tert-OH is 1. The van der Waals surface area contributed by atoms with E-state index >= 15 is 0 Å². The molecular weight excluding hydrogens is 506 g/mol. The van der Waals surface area contributed by atoms with E-state index in [1.54, 1.807) is 28.0 Å². The van der Waals surface area contributed by atoms with E-state index in [9.17, 15) is 19.5 Å². The van der Waals surface area contributed by atoms with Crippen molar-refractivity contribution in [3.05, 3.63) is 54.1 Å². The van der Waals surface area contributed by atoms with Crippen molar-refractivity contribution in [1.82, 2.24) is 9.80 Å². The summed E-state index contributed by atoms with van der Waals surface area (Å²) < 4.78 is 6.56. The Morgan fingerprint density at radius 2 is 2.00 bits per heavy atom. The summed E-state index contributed by atoms with van der Waals surface area (Å²) >= 11 is 6.58.